The number of rotatable bonds is 6. The van der Waals surface area contributed by atoms with Gasteiger partial charge < -0.3 is 15.5 Å². The zero-order chi connectivity index (χ0) is 15.0. The number of amides is 2. The summed E-state index contributed by atoms with van der Waals surface area (Å²) in [6, 6.07) is 7.77. The van der Waals surface area contributed by atoms with E-state index >= 15 is 0 Å². The quantitative estimate of drug-likeness (QED) is 0.594. The fourth-order valence-corrected chi connectivity index (χ4v) is 1.74. The van der Waals surface area contributed by atoms with Gasteiger partial charge in [-0.3, -0.25) is 9.59 Å². The second kappa shape index (κ2) is 8.32. The summed E-state index contributed by atoms with van der Waals surface area (Å²) in [5.74, 6) is -1.16. The van der Waals surface area contributed by atoms with Crippen molar-refractivity contribution in [2.45, 2.75) is 19.9 Å². The molecule has 0 aliphatic carbocycles. The van der Waals surface area contributed by atoms with E-state index in [1.807, 2.05) is 50.2 Å². The van der Waals surface area contributed by atoms with Gasteiger partial charge in [-0.15, -0.1) is 0 Å². The highest BCUT2D eigenvalue weighted by Gasteiger charge is 2.12. The molecule has 0 aliphatic heterocycles. The molecule has 2 amide bonds. The molecule has 5 heteroatoms. The highest BCUT2D eigenvalue weighted by Crippen LogP contribution is 2.05. The van der Waals surface area contributed by atoms with E-state index in [2.05, 4.69) is 10.6 Å². The van der Waals surface area contributed by atoms with E-state index in [9.17, 15) is 9.59 Å². The summed E-state index contributed by atoms with van der Waals surface area (Å²) in [6.45, 7) is 3.74. The Labute approximate surface area is 120 Å². The molecule has 0 aromatic heterocycles. The van der Waals surface area contributed by atoms with Crippen molar-refractivity contribution in [1.82, 2.24) is 15.5 Å². The molecule has 110 valence electrons. The standard InChI is InChI=1S/C15H23N3O2/c1-12-7-4-5-8-13(12)11-17-15(20)14(19)16-9-6-10-18(2)3/h4-5,7-8H,6,9-11H2,1-3H3,(H,16,19)(H,17,20). The van der Waals surface area contributed by atoms with Crippen LogP contribution in [0.3, 0.4) is 0 Å². The van der Waals surface area contributed by atoms with Gasteiger partial charge in [0.2, 0.25) is 0 Å². The molecule has 0 radical (unpaired) electrons. The third-order valence-electron chi connectivity index (χ3n) is 2.97. The topological polar surface area (TPSA) is 61.4 Å². The number of hydrogen-bond donors (Lipinski definition) is 2. The smallest absolute Gasteiger partial charge is 0.309 e. The molecular weight excluding hydrogens is 254 g/mol. The van der Waals surface area contributed by atoms with E-state index in [0.717, 1.165) is 24.1 Å². The number of nitrogens with one attached hydrogen (secondary N) is 2. The molecule has 0 bridgehead atoms. The van der Waals surface area contributed by atoms with Crippen LogP contribution in [0.1, 0.15) is 17.5 Å². The van der Waals surface area contributed by atoms with E-state index < -0.39 is 11.8 Å². The SMILES string of the molecule is Cc1ccccc1CNC(=O)C(=O)NCCCN(C)C. The Bertz CT molecular complexity index is 458. The van der Waals surface area contributed by atoms with Crippen molar-refractivity contribution in [3.8, 4) is 0 Å². The van der Waals surface area contributed by atoms with Crippen LogP contribution in [-0.4, -0.2) is 43.9 Å². The van der Waals surface area contributed by atoms with Crippen LogP contribution in [-0.2, 0) is 16.1 Å². The number of benzene rings is 1. The molecule has 0 saturated carbocycles. The summed E-state index contributed by atoms with van der Waals surface area (Å²) < 4.78 is 0. The molecule has 0 heterocycles. The lowest BCUT2D eigenvalue weighted by molar-refractivity contribution is -0.139. The number of carbonyl (C=O) groups excluding carboxylic acids is 2. The highest BCUT2D eigenvalue weighted by molar-refractivity contribution is 6.35. The minimum atomic E-state index is -0.585. The van der Waals surface area contributed by atoms with Gasteiger partial charge in [0.15, 0.2) is 0 Å². The first-order valence-corrected chi connectivity index (χ1v) is 6.76. The summed E-state index contributed by atoms with van der Waals surface area (Å²) in [4.78, 5) is 25.2. The van der Waals surface area contributed by atoms with E-state index in [1.165, 1.54) is 0 Å². The number of hydrogen-bond acceptors (Lipinski definition) is 3. The average molecular weight is 277 g/mol. The maximum absolute atomic E-state index is 11.6. The number of carbonyl (C=O) groups is 2. The van der Waals surface area contributed by atoms with Gasteiger partial charge in [-0.1, -0.05) is 24.3 Å². The number of nitrogens with zero attached hydrogens (tertiary/aromatic N) is 1. The van der Waals surface area contributed by atoms with Crippen LogP contribution in [0.25, 0.3) is 0 Å². The van der Waals surface area contributed by atoms with Crippen LogP contribution in [0.15, 0.2) is 24.3 Å². The van der Waals surface area contributed by atoms with Crippen LogP contribution in [0, 0.1) is 6.92 Å². The van der Waals surface area contributed by atoms with Gasteiger partial charge in [0.05, 0.1) is 0 Å². The lowest BCUT2D eigenvalue weighted by Gasteiger charge is -2.10. The summed E-state index contributed by atoms with van der Waals surface area (Å²) in [5.41, 5.74) is 2.11. The Kier molecular flexibility index (Phi) is 6.73. The van der Waals surface area contributed by atoms with Gasteiger partial charge in [0.25, 0.3) is 0 Å². The van der Waals surface area contributed by atoms with Crippen molar-refractivity contribution in [2.75, 3.05) is 27.2 Å². The molecule has 0 aliphatic rings. The maximum Gasteiger partial charge on any atom is 0.309 e. The minimum Gasteiger partial charge on any atom is -0.348 e. The van der Waals surface area contributed by atoms with Gasteiger partial charge in [0, 0.05) is 13.1 Å². The normalized spacial score (nSPS) is 10.4. The van der Waals surface area contributed by atoms with Gasteiger partial charge in [-0.2, -0.15) is 0 Å². The third-order valence-corrected chi connectivity index (χ3v) is 2.97. The highest BCUT2D eigenvalue weighted by atomic mass is 16.2. The molecule has 1 aromatic carbocycles. The summed E-state index contributed by atoms with van der Waals surface area (Å²) in [6.07, 6.45) is 0.823. The summed E-state index contributed by atoms with van der Waals surface area (Å²) >= 11 is 0. The first-order chi connectivity index (χ1) is 9.50. The Morgan fingerprint density at radius 3 is 2.40 bits per heavy atom. The van der Waals surface area contributed by atoms with Crippen molar-refractivity contribution < 1.29 is 9.59 Å². The van der Waals surface area contributed by atoms with E-state index in [1.54, 1.807) is 0 Å². The van der Waals surface area contributed by atoms with Crippen LogP contribution >= 0.6 is 0 Å². The second-order valence-electron chi connectivity index (χ2n) is 5.02. The van der Waals surface area contributed by atoms with Crippen LogP contribution in [0.4, 0.5) is 0 Å². The van der Waals surface area contributed by atoms with Crippen molar-refractivity contribution in [2.24, 2.45) is 0 Å². The molecule has 0 fully saturated rings. The van der Waals surface area contributed by atoms with Crippen molar-refractivity contribution in [3.63, 3.8) is 0 Å². The summed E-state index contributed by atoms with van der Waals surface area (Å²) in [7, 11) is 3.94. The Morgan fingerprint density at radius 1 is 1.10 bits per heavy atom. The van der Waals surface area contributed by atoms with E-state index in [-0.39, 0.29) is 0 Å². The predicted molar refractivity (Wildman–Crippen MR) is 79.2 cm³/mol. The second-order valence-corrected chi connectivity index (χ2v) is 5.02. The van der Waals surface area contributed by atoms with Gasteiger partial charge in [-0.05, 0) is 45.1 Å². The zero-order valence-corrected chi connectivity index (χ0v) is 12.4. The van der Waals surface area contributed by atoms with Crippen molar-refractivity contribution >= 4 is 11.8 Å². The van der Waals surface area contributed by atoms with Gasteiger partial charge in [-0.25, -0.2) is 0 Å². The molecule has 2 N–H and O–H groups in total. The van der Waals surface area contributed by atoms with Crippen LogP contribution in [0.5, 0.6) is 0 Å². The molecular formula is C15H23N3O2. The first-order valence-electron chi connectivity index (χ1n) is 6.76. The zero-order valence-electron chi connectivity index (χ0n) is 12.4. The molecule has 1 rings (SSSR count). The fourth-order valence-electron chi connectivity index (χ4n) is 1.74. The lowest BCUT2D eigenvalue weighted by Crippen LogP contribution is -2.40. The maximum atomic E-state index is 11.6. The van der Waals surface area contributed by atoms with Gasteiger partial charge in [0.1, 0.15) is 0 Å². The van der Waals surface area contributed by atoms with Crippen LogP contribution in [0.2, 0.25) is 0 Å². The Balaban J connectivity index is 2.28. The summed E-state index contributed by atoms with van der Waals surface area (Å²) in [5, 5.41) is 5.24. The molecule has 0 unspecified atom stereocenters. The van der Waals surface area contributed by atoms with E-state index in [4.69, 9.17) is 0 Å². The molecule has 0 saturated heterocycles. The van der Waals surface area contributed by atoms with E-state index in [0.29, 0.717) is 13.1 Å². The average Bonchev–Trinajstić information content (AvgIpc) is 2.42. The molecule has 20 heavy (non-hydrogen) atoms. The monoisotopic (exact) mass is 277 g/mol. The largest absolute Gasteiger partial charge is 0.348 e. The van der Waals surface area contributed by atoms with Gasteiger partial charge >= 0.3 is 11.8 Å². The minimum absolute atomic E-state index is 0.372. The van der Waals surface area contributed by atoms with Crippen molar-refractivity contribution in [1.29, 1.82) is 0 Å². The molecule has 0 spiro atoms. The predicted octanol–water partition coefficient (Wildman–Crippen LogP) is 0.679. The third kappa shape index (κ3) is 5.84. The van der Waals surface area contributed by atoms with Crippen molar-refractivity contribution in [3.05, 3.63) is 35.4 Å². The van der Waals surface area contributed by atoms with Crippen LogP contribution < -0.4 is 10.6 Å². The fraction of sp³-hybridized carbons (Fsp3) is 0.467. The Hall–Kier alpha value is -1.88. The molecule has 5 nitrogen and oxygen atoms in total. The number of aryl methyl sites for hydroxylation is 1. The first kappa shape index (κ1) is 16.2. The molecule has 1 aromatic rings. The lowest BCUT2D eigenvalue weighted by atomic mass is 10.1. The Morgan fingerprint density at radius 2 is 1.75 bits per heavy atom. The molecule has 0 atom stereocenters.